The Kier molecular flexibility index (Phi) is 4.59. The van der Waals surface area contributed by atoms with Gasteiger partial charge in [-0.05, 0) is 42.3 Å². The van der Waals surface area contributed by atoms with E-state index in [4.69, 9.17) is 20.8 Å². The van der Waals surface area contributed by atoms with E-state index in [1.165, 1.54) is 11.8 Å². The largest absolute Gasteiger partial charge is 0.497 e. The fourth-order valence-electron chi connectivity index (χ4n) is 2.35. The van der Waals surface area contributed by atoms with E-state index < -0.39 is 0 Å². The first-order valence-corrected chi connectivity index (χ1v) is 9.06. The van der Waals surface area contributed by atoms with Gasteiger partial charge < -0.3 is 9.15 Å². The maximum atomic E-state index is 6.08. The van der Waals surface area contributed by atoms with Crippen molar-refractivity contribution in [3.8, 4) is 5.75 Å². The van der Waals surface area contributed by atoms with Gasteiger partial charge in [-0.15, -0.1) is 10.2 Å². The van der Waals surface area contributed by atoms with Crippen LogP contribution in [0.4, 0.5) is 0 Å². The van der Waals surface area contributed by atoms with Crippen LogP contribution in [0.3, 0.4) is 0 Å². The van der Waals surface area contributed by atoms with Crippen molar-refractivity contribution in [3.05, 3.63) is 52.8 Å². The topological polar surface area (TPSA) is 73.9 Å². The van der Waals surface area contributed by atoms with Crippen LogP contribution in [0.15, 0.2) is 45.0 Å². The summed E-state index contributed by atoms with van der Waals surface area (Å²) >= 11 is 7.39. The smallest absolute Gasteiger partial charge is 0.282 e. The van der Waals surface area contributed by atoms with Crippen molar-refractivity contribution in [1.82, 2.24) is 20.2 Å². The third-order valence-electron chi connectivity index (χ3n) is 3.79. The van der Waals surface area contributed by atoms with E-state index in [0.29, 0.717) is 28.6 Å². The molecule has 1 aliphatic rings. The van der Waals surface area contributed by atoms with E-state index in [2.05, 4.69) is 20.2 Å². The summed E-state index contributed by atoms with van der Waals surface area (Å²) in [5.41, 5.74) is 1.07. The molecule has 0 spiro atoms. The number of halogens is 1. The van der Waals surface area contributed by atoms with Crippen molar-refractivity contribution in [2.75, 3.05) is 7.11 Å². The summed E-state index contributed by atoms with van der Waals surface area (Å²) in [7, 11) is 1.64. The lowest BCUT2D eigenvalue weighted by molar-refractivity contribution is 0.413. The van der Waals surface area contributed by atoms with E-state index >= 15 is 0 Å². The van der Waals surface area contributed by atoms with Crippen LogP contribution in [-0.4, -0.2) is 27.3 Å². The van der Waals surface area contributed by atoms with Gasteiger partial charge in [0.15, 0.2) is 0 Å². The highest BCUT2D eigenvalue weighted by Gasteiger charge is 2.27. The Morgan fingerprint density at radius 1 is 1.20 bits per heavy atom. The molecule has 6 nitrogen and oxygen atoms in total. The average Bonchev–Trinajstić information content (AvgIpc) is 3.37. The molecule has 1 aromatic carbocycles. The van der Waals surface area contributed by atoms with Gasteiger partial charge in [0, 0.05) is 12.0 Å². The van der Waals surface area contributed by atoms with Gasteiger partial charge in [0.1, 0.15) is 21.8 Å². The predicted molar refractivity (Wildman–Crippen MR) is 93.2 cm³/mol. The van der Waals surface area contributed by atoms with Crippen molar-refractivity contribution >= 4 is 23.4 Å². The third-order valence-corrected chi connectivity index (χ3v) is 4.74. The van der Waals surface area contributed by atoms with Crippen LogP contribution in [0, 0.1) is 0 Å². The molecule has 1 saturated carbocycles. The Hall–Kier alpha value is -2.12. The monoisotopic (exact) mass is 374 g/mol. The Bertz CT molecular complexity index is 881. The quantitative estimate of drug-likeness (QED) is 0.600. The molecule has 0 unspecified atom stereocenters. The Balaban J connectivity index is 1.45. The molecule has 0 amide bonds. The van der Waals surface area contributed by atoms with E-state index in [0.717, 1.165) is 35.0 Å². The van der Waals surface area contributed by atoms with Crippen LogP contribution >= 0.6 is 23.4 Å². The standard InChI is InChI=1S/C17H15ClN4O2S/c1-23-12-6-2-10(3-7-12)8-14-21-22-17(24-14)25-15-9-13(18)19-16(20-15)11-4-5-11/h2-3,6-7,9,11H,4-5,8H2,1H3. The van der Waals surface area contributed by atoms with E-state index in [1.54, 1.807) is 13.2 Å². The molecule has 0 bridgehead atoms. The summed E-state index contributed by atoms with van der Waals surface area (Å²) in [5, 5.41) is 9.79. The number of methoxy groups -OCH3 is 1. The Labute approximate surface area is 154 Å². The molecule has 0 N–H and O–H groups in total. The Morgan fingerprint density at radius 3 is 2.72 bits per heavy atom. The first-order chi connectivity index (χ1) is 12.2. The number of aromatic nitrogens is 4. The zero-order valence-corrected chi connectivity index (χ0v) is 15.0. The molecule has 1 fully saturated rings. The van der Waals surface area contributed by atoms with E-state index in [-0.39, 0.29) is 0 Å². The normalized spacial score (nSPS) is 13.8. The summed E-state index contributed by atoms with van der Waals surface area (Å²) < 4.78 is 10.9. The van der Waals surface area contributed by atoms with E-state index in [9.17, 15) is 0 Å². The highest BCUT2D eigenvalue weighted by molar-refractivity contribution is 7.99. The first kappa shape index (κ1) is 16.4. The van der Waals surface area contributed by atoms with Gasteiger partial charge in [0.05, 0.1) is 13.5 Å². The van der Waals surface area contributed by atoms with Crippen LogP contribution in [0.5, 0.6) is 5.75 Å². The van der Waals surface area contributed by atoms with Crippen molar-refractivity contribution in [2.24, 2.45) is 0 Å². The summed E-state index contributed by atoms with van der Waals surface area (Å²) in [6, 6.07) is 9.47. The zero-order chi connectivity index (χ0) is 17.2. The number of rotatable bonds is 6. The molecule has 8 heteroatoms. The molecule has 0 saturated heterocycles. The predicted octanol–water partition coefficient (Wildman–Crippen LogP) is 4.14. The van der Waals surface area contributed by atoms with Gasteiger partial charge in [-0.1, -0.05) is 23.7 Å². The minimum absolute atomic E-state index is 0.436. The Morgan fingerprint density at radius 2 is 2.00 bits per heavy atom. The van der Waals surface area contributed by atoms with Crippen LogP contribution in [0.1, 0.15) is 36.0 Å². The van der Waals surface area contributed by atoms with Crippen LogP contribution in [-0.2, 0) is 6.42 Å². The molecule has 3 aromatic rings. The summed E-state index contributed by atoms with van der Waals surface area (Å²) in [4.78, 5) is 8.81. The van der Waals surface area contributed by atoms with Gasteiger partial charge in [-0.3, -0.25) is 0 Å². The minimum atomic E-state index is 0.436. The molecule has 0 atom stereocenters. The van der Waals surface area contributed by atoms with Gasteiger partial charge in [0.25, 0.3) is 5.22 Å². The lowest BCUT2D eigenvalue weighted by atomic mass is 10.1. The second kappa shape index (κ2) is 7.01. The van der Waals surface area contributed by atoms with Gasteiger partial charge in [0.2, 0.25) is 5.89 Å². The number of benzene rings is 1. The summed E-state index contributed by atoms with van der Waals surface area (Å²) in [6.07, 6.45) is 2.81. The third kappa shape index (κ3) is 4.11. The molecule has 128 valence electrons. The highest BCUT2D eigenvalue weighted by atomic mass is 35.5. The maximum Gasteiger partial charge on any atom is 0.282 e. The van der Waals surface area contributed by atoms with Gasteiger partial charge in [-0.25, -0.2) is 9.97 Å². The number of hydrogen-bond acceptors (Lipinski definition) is 7. The molecule has 0 aliphatic heterocycles. The SMILES string of the molecule is COc1ccc(Cc2nnc(Sc3cc(Cl)nc(C4CC4)n3)o2)cc1. The van der Waals surface area contributed by atoms with Crippen molar-refractivity contribution in [2.45, 2.75) is 35.4 Å². The van der Waals surface area contributed by atoms with E-state index in [1.807, 2.05) is 24.3 Å². The highest BCUT2D eigenvalue weighted by Crippen LogP contribution is 2.39. The van der Waals surface area contributed by atoms with Gasteiger partial charge >= 0.3 is 0 Å². The zero-order valence-electron chi connectivity index (χ0n) is 13.5. The fraction of sp³-hybridized carbons (Fsp3) is 0.294. The molecule has 0 radical (unpaired) electrons. The fourth-order valence-corrected chi connectivity index (χ4v) is 3.31. The van der Waals surface area contributed by atoms with Crippen molar-refractivity contribution in [3.63, 3.8) is 0 Å². The number of hydrogen-bond donors (Lipinski definition) is 0. The molecule has 25 heavy (non-hydrogen) atoms. The number of nitrogens with zero attached hydrogens (tertiary/aromatic N) is 4. The molecule has 4 rings (SSSR count). The maximum absolute atomic E-state index is 6.08. The second-order valence-electron chi connectivity index (χ2n) is 5.75. The summed E-state index contributed by atoms with van der Waals surface area (Å²) in [6.45, 7) is 0. The average molecular weight is 375 g/mol. The molecular formula is C17H15ClN4O2S. The van der Waals surface area contributed by atoms with Crippen molar-refractivity contribution < 1.29 is 9.15 Å². The molecular weight excluding hydrogens is 360 g/mol. The first-order valence-electron chi connectivity index (χ1n) is 7.87. The summed E-state index contributed by atoms with van der Waals surface area (Å²) in [5.74, 6) is 2.60. The van der Waals surface area contributed by atoms with Crippen molar-refractivity contribution in [1.29, 1.82) is 0 Å². The lowest BCUT2D eigenvalue weighted by Gasteiger charge is -2.01. The van der Waals surface area contributed by atoms with Gasteiger partial charge in [-0.2, -0.15) is 0 Å². The van der Waals surface area contributed by atoms with Crippen LogP contribution in [0.25, 0.3) is 0 Å². The van der Waals surface area contributed by atoms with Crippen LogP contribution < -0.4 is 4.74 Å². The lowest BCUT2D eigenvalue weighted by Crippen LogP contribution is -1.94. The van der Waals surface area contributed by atoms with Crippen LogP contribution in [0.2, 0.25) is 5.15 Å². The molecule has 1 aliphatic carbocycles. The molecule has 2 aromatic heterocycles. The minimum Gasteiger partial charge on any atom is -0.497 e. The second-order valence-corrected chi connectivity index (χ2v) is 7.11. The number of ether oxygens (including phenoxy) is 1. The molecule has 2 heterocycles.